The summed E-state index contributed by atoms with van der Waals surface area (Å²) in [6.45, 7) is 3.04. The number of sulfonamides is 1. The van der Waals surface area contributed by atoms with Crippen LogP contribution in [0.4, 0.5) is 0 Å². The molecule has 0 saturated carbocycles. The van der Waals surface area contributed by atoms with E-state index in [1.165, 1.54) is 19.1 Å². The Morgan fingerprint density at radius 2 is 1.96 bits per heavy atom. The van der Waals surface area contributed by atoms with Gasteiger partial charge in [0, 0.05) is 23.2 Å². The Balaban J connectivity index is 1.75. The number of H-pyrrole nitrogens is 1. The van der Waals surface area contributed by atoms with Crippen LogP contribution in [-0.4, -0.2) is 30.5 Å². The van der Waals surface area contributed by atoms with E-state index < -0.39 is 22.0 Å². The van der Waals surface area contributed by atoms with Gasteiger partial charge in [0.05, 0.1) is 4.90 Å². The Morgan fingerprint density at radius 1 is 1.23 bits per heavy atom. The number of hydrogen-bond acceptors (Lipinski definition) is 5. The molecule has 136 valence electrons. The quantitative estimate of drug-likeness (QED) is 0.595. The van der Waals surface area contributed by atoms with Crippen molar-refractivity contribution in [2.24, 2.45) is 0 Å². The summed E-state index contributed by atoms with van der Waals surface area (Å²) in [5.41, 5.74) is 1.36. The van der Waals surface area contributed by atoms with Gasteiger partial charge < -0.3 is 14.8 Å². The predicted octanol–water partition coefficient (Wildman–Crippen LogP) is 2.45. The molecular weight excluding hydrogens is 356 g/mol. The summed E-state index contributed by atoms with van der Waals surface area (Å²) in [5, 5.41) is 10.4. The van der Waals surface area contributed by atoms with Crippen LogP contribution in [0.5, 0.6) is 11.5 Å². The van der Waals surface area contributed by atoms with Gasteiger partial charge in [-0.1, -0.05) is 18.2 Å². The smallest absolute Gasteiger partial charge is 0.329 e. The number of carbonyl (C=O) groups is 1. The zero-order valence-electron chi connectivity index (χ0n) is 14.2. The molecule has 0 unspecified atom stereocenters. The van der Waals surface area contributed by atoms with Crippen LogP contribution in [-0.2, 0) is 14.8 Å². The van der Waals surface area contributed by atoms with E-state index in [4.69, 9.17) is 4.74 Å². The number of carbonyl (C=O) groups excluding carboxylic acids is 1. The average molecular weight is 374 g/mol. The highest BCUT2D eigenvalue weighted by Gasteiger charge is 2.24. The molecule has 3 N–H and O–H groups in total. The van der Waals surface area contributed by atoms with Gasteiger partial charge in [0.2, 0.25) is 10.0 Å². The zero-order chi connectivity index (χ0) is 18.9. The number of esters is 1. The number of hydrogen-bond donors (Lipinski definition) is 3. The van der Waals surface area contributed by atoms with Crippen LogP contribution in [0.1, 0.15) is 12.5 Å². The van der Waals surface area contributed by atoms with E-state index in [1.807, 2.05) is 18.2 Å². The van der Waals surface area contributed by atoms with Crippen LogP contribution in [0.2, 0.25) is 0 Å². The average Bonchev–Trinajstić information content (AvgIpc) is 3.00. The fraction of sp³-hybridized carbons (Fsp3) is 0.167. The molecule has 0 bridgehead atoms. The Hall–Kier alpha value is -2.84. The number of aromatic amines is 1. The van der Waals surface area contributed by atoms with E-state index in [9.17, 15) is 18.3 Å². The summed E-state index contributed by atoms with van der Waals surface area (Å²) < 4.78 is 32.3. The molecule has 0 spiro atoms. The second kappa shape index (κ2) is 6.81. The highest BCUT2D eigenvalue weighted by Crippen LogP contribution is 2.25. The van der Waals surface area contributed by atoms with Gasteiger partial charge in [-0.25, -0.2) is 13.2 Å². The minimum Gasteiger partial charge on any atom is -0.508 e. The molecule has 3 aromatic rings. The first-order valence-electron chi connectivity index (χ1n) is 7.87. The third-order valence-electron chi connectivity index (χ3n) is 3.94. The van der Waals surface area contributed by atoms with Gasteiger partial charge >= 0.3 is 5.97 Å². The number of aryl methyl sites for hydroxylation is 1. The number of nitrogens with one attached hydrogen (secondary N) is 2. The molecule has 1 atom stereocenters. The topological polar surface area (TPSA) is 108 Å². The van der Waals surface area contributed by atoms with Crippen molar-refractivity contribution < 1.29 is 23.1 Å². The largest absolute Gasteiger partial charge is 0.508 e. The van der Waals surface area contributed by atoms with Gasteiger partial charge in [0.1, 0.15) is 11.8 Å². The monoisotopic (exact) mass is 374 g/mol. The summed E-state index contributed by atoms with van der Waals surface area (Å²) in [7, 11) is -3.98. The Labute approximate surface area is 150 Å². The maximum absolute atomic E-state index is 12.4. The molecule has 3 rings (SSSR count). The van der Waals surface area contributed by atoms with Gasteiger partial charge in [0.25, 0.3) is 0 Å². The molecule has 0 amide bonds. The molecule has 0 radical (unpaired) electrons. The fourth-order valence-corrected chi connectivity index (χ4v) is 3.64. The van der Waals surface area contributed by atoms with Gasteiger partial charge in [-0.15, -0.1) is 0 Å². The lowest BCUT2D eigenvalue weighted by Crippen LogP contribution is -2.40. The van der Waals surface area contributed by atoms with Gasteiger partial charge in [0.15, 0.2) is 5.75 Å². The lowest BCUT2D eigenvalue weighted by atomic mass is 10.2. The molecule has 1 aromatic heterocycles. The molecule has 26 heavy (non-hydrogen) atoms. The van der Waals surface area contributed by atoms with Crippen LogP contribution in [0, 0.1) is 6.92 Å². The lowest BCUT2D eigenvalue weighted by molar-refractivity contribution is -0.135. The first kappa shape index (κ1) is 18.0. The number of benzene rings is 2. The van der Waals surface area contributed by atoms with Crippen molar-refractivity contribution in [3.05, 3.63) is 54.2 Å². The third kappa shape index (κ3) is 3.56. The van der Waals surface area contributed by atoms with Crippen LogP contribution >= 0.6 is 0 Å². The fourth-order valence-electron chi connectivity index (χ4n) is 2.43. The number of phenols is 1. The number of phenolic OH excluding ortho intramolecular Hbond substituents is 1. The molecule has 0 fully saturated rings. The Kier molecular flexibility index (Phi) is 4.71. The van der Waals surface area contributed by atoms with Crippen molar-refractivity contribution in [3.8, 4) is 11.5 Å². The maximum atomic E-state index is 12.4. The number of para-hydroxylation sites is 1. The van der Waals surface area contributed by atoms with E-state index >= 15 is 0 Å². The van der Waals surface area contributed by atoms with Crippen molar-refractivity contribution in [3.63, 3.8) is 0 Å². The summed E-state index contributed by atoms with van der Waals surface area (Å²) in [6, 6.07) is 10.1. The summed E-state index contributed by atoms with van der Waals surface area (Å²) in [4.78, 5) is 15.1. The number of ether oxygens (including phenoxy) is 1. The van der Waals surface area contributed by atoms with Crippen LogP contribution < -0.4 is 9.46 Å². The number of aromatic nitrogens is 1. The van der Waals surface area contributed by atoms with E-state index in [2.05, 4.69) is 9.71 Å². The minimum atomic E-state index is -3.98. The summed E-state index contributed by atoms with van der Waals surface area (Å²) in [6.07, 6.45) is 1.54. The highest BCUT2D eigenvalue weighted by molar-refractivity contribution is 7.89. The van der Waals surface area contributed by atoms with Crippen molar-refractivity contribution in [1.29, 1.82) is 0 Å². The Morgan fingerprint density at radius 3 is 2.69 bits per heavy atom. The van der Waals surface area contributed by atoms with E-state index in [1.54, 1.807) is 19.2 Å². The predicted molar refractivity (Wildman–Crippen MR) is 96.6 cm³/mol. The molecule has 0 saturated heterocycles. The lowest BCUT2D eigenvalue weighted by Gasteiger charge is -2.14. The number of fused-ring (bicyclic) bond motifs is 1. The number of aromatic hydroxyl groups is 1. The second-order valence-corrected chi connectivity index (χ2v) is 7.62. The summed E-state index contributed by atoms with van der Waals surface area (Å²) in [5.74, 6) is -0.554. The standard InChI is InChI=1S/C18H18N2O5S/c1-11-7-8-13(9-16(11)21)26(23,24)20-12(2)18(22)25-17-10-19-15-6-4-3-5-14(15)17/h3-10,12,19-21H,1-2H3/t12-/m0/s1. The first-order chi connectivity index (χ1) is 12.3. The van der Waals surface area contributed by atoms with E-state index in [-0.39, 0.29) is 10.6 Å². The molecule has 0 aliphatic heterocycles. The van der Waals surface area contributed by atoms with E-state index in [0.717, 1.165) is 17.0 Å². The Bertz CT molecular complexity index is 1070. The summed E-state index contributed by atoms with van der Waals surface area (Å²) >= 11 is 0. The van der Waals surface area contributed by atoms with Crippen LogP contribution in [0.3, 0.4) is 0 Å². The minimum absolute atomic E-state index is 0.132. The molecule has 0 aliphatic carbocycles. The second-order valence-electron chi connectivity index (χ2n) is 5.91. The van der Waals surface area contributed by atoms with Crippen molar-refractivity contribution in [2.45, 2.75) is 24.8 Å². The van der Waals surface area contributed by atoms with Crippen molar-refractivity contribution >= 4 is 26.9 Å². The zero-order valence-corrected chi connectivity index (χ0v) is 15.0. The first-order valence-corrected chi connectivity index (χ1v) is 9.36. The molecule has 8 heteroatoms. The SMILES string of the molecule is Cc1ccc(S(=O)(=O)N[C@@H](C)C(=O)Oc2c[nH]c3ccccc23)cc1O. The maximum Gasteiger partial charge on any atom is 0.329 e. The van der Waals surface area contributed by atoms with Crippen molar-refractivity contribution in [1.82, 2.24) is 9.71 Å². The molecule has 2 aromatic carbocycles. The number of rotatable bonds is 5. The van der Waals surface area contributed by atoms with Crippen LogP contribution in [0.25, 0.3) is 10.9 Å². The van der Waals surface area contributed by atoms with Gasteiger partial charge in [-0.3, -0.25) is 0 Å². The molecule has 7 nitrogen and oxygen atoms in total. The third-order valence-corrected chi connectivity index (χ3v) is 5.48. The van der Waals surface area contributed by atoms with Crippen molar-refractivity contribution in [2.75, 3.05) is 0 Å². The van der Waals surface area contributed by atoms with Gasteiger partial charge in [-0.2, -0.15) is 4.72 Å². The highest BCUT2D eigenvalue weighted by atomic mass is 32.2. The van der Waals surface area contributed by atoms with E-state index in [0.29, 0.717) is 11.3 Å². The van der Waals surface area contributed by atoms with Gasteiger partial charge in [-0.05, 0) is 37.6 Å². The molecule has 1 heterocycles. The normalized spacial score (nSPS) is 12.8. The van der Waals surface area contributed by atoms with Crippen LogP contribution in [0.15, 0.2) is 53.6 Å². The molecule has 0 aliphatic rings. The molecular formula is C18H18N2O5S.